The third-order valence-electron chi connectivity index (χ3n) is 3.40. The van der Waals surface area contributed by atoms with E-state index in [4.69, 9.17) is 9.84 Å². The molecule has 1 aromatic rings. The van der Waals surface area contributed by atoms with Gasteiger partial charge in [-0.2, -0.15) is 0 Å². The Morgan fingerprint density at radius 2 is 2.16 bits per heavy atom. The highest BCUT2D eigenvalue weighted by Crippen LogP contribution is 2.19. The number of hydrogen-bond donors (Lipinski definition) is 1. The summed E-state index contributed by atoms with van der Waals surface area (Å²) in [5.41, 5.74) is -0.00707. The maximum Gasteiger partial charge on any atom is 0.256 e. The number of rotatable bonds is 3. The van der Waals surface area contributed by atoms with Crippen molar-refractivity contribution in [2.24, 2.45) is 5.92 Å². The Bertz CT molecular complexity index is 458. The zero-order valence-corrected chi connectivity index (χ0v) is 10.9. The number of phenols is 1. The molecule has 0 radical (unpaired) electrons. The van der Waals surface area contributed by atoms with Crippen LogP contribution < -0.4 is 0 Å². The molecule has 4 nitrogen and oxygen atoms in total. The number of carbonyl (C=O) groups is 1. The standard InChI is InChI=1S/C14H18FNO3/c1-16(9-10-4-6-19-7-5-10)14(18)12-3-2-11(17)8-13(12)15/h2-3,8,10,17H,4-7,9H2,1H3. The van der Waals surface area contributed by atoms with Crippen LogP contribution in [-0.4, -0.2) is 42.7 Å². The molecule has 104 valence electrons. The lowest BCUT2D eigenvalue weighted by Crippen LogP contribution is -2.34. The second kappa shape index (κ2) is 6.02. The van der Waals surface area contributed by atoms with E-state index in [2.05, 4.69) is 0 Å². The van der Waals surface area contributed by atoms with Crippen molar-refractivity contribution in [1.82, 2.24) is 4.90 Å². The van der Waals surface area contributed by atoms with Crippen LogP contribution >= 0.6 is 0 Å². The Morgan fingerprint density at radius 1 is 1.47 bits per heavy atom. The number of hydrogen-bond acceptors (Lipinski definition) is 3. The quantitative estimate of drug-likeness (QED) is 0.911. The lowest BCUT2D eigenvalue weighted by molar-refractivity contribution is 0.0495. The van der Waals surface area contributed by atoms with Crippen molar-refractivity contribution in [3.05, 3.63) is 29.6 Å². The number of phenolic OH excluding ortho intramolecular Hbond substituents is 1. The van der Waals surface area contributed by atoms with Gasteiger partial charge >= 0.3 is 0 Å². The molecule has 0 aliphatic carbocycles. The topological polar surface area (TPSA) is 49.8 Å². The summed E-state index contributed by atoms with van der Waals surface area (Å²) < 4.78 is 18.9. The first kappa shape index (κ1) is 13.8. The fourth-order valence-corrected chi connectivity index (χ4v) is 2.28. The lowest BCUT2D eigenvalue weighted by atomic mass is 9.99. The third kappa shape index (κ3) is 3.44. The average Bonchev–Trinajstić information content (AvgIpc) is 2.39. The van der Waals surface area contributed by atoms with Crippen LogP contribution in [0.15, 0.2) is 18.2 Å². The number of ether oxygens (including phenoxy) is 1. The molecule has 1 aliphatic heterocycles. The van der Waals surface area contributed by atoms with Crippen molar-refractivity contribution in [2.75, 3.05) is 26.8 Å². The van der Waals surface area contributed by atoms with E-state index in [1.165, 1.54) is 17.0 Å². The number of nitrogens with zero attached hydrogens (tertiary/aromatic N) is 1. The molecule has 19 heavy (non-hydrogen) atoms. The molecule has 1 N–H and O–H groups in total. The molecule has 1 saturated heterocycles. The number of aromatic hydroxyl groups is 1. The molecular weight excluding hydrogens is 249 g/mol. The van der Waals surface area contributed by atoms with Crippen LogP contribution in [0, 0.1) is 11.7 Å². The second-order valence-electron chi connectivity index (χ2n) is 4.91. The van der Waals surface area contributed by atoms with Crippen LogP contribution in [0.1, 0.15) is 23.2 Å². The predicted molar refractivity (Wildman–Crippen MR) is 68.6 cm³/mol. The van der Waals surface area contributed by atoms with Crippen molar-refractivity contribution < 1.29 is 19.0 Å². The van der Waals surface area contributed by atoms with E-state index < -0.39 is 5.82 Å². The molecule has 1 heterocycles. The van der Waals surface area contributed by atoms with Gasteiger partial charge in [-0.15, -0.1) is 0 Å². The smallest absolute Gasteiger partial charge is 0.256 e. The molecule has 1 aromatic carbocycles. The molecule has 0 saturated carbocycles. The third-order valence-corrected chi connectivity index (χ3v) is 3.40. The first-order valence-electron chi connectivity index (χ1n) is 6.39. The van der Waals surface area contributed by atoms with E-state index in [9.17, 15) is 9.18 Å². The van der Waals surface area contributed by atoms with Crippen LogP contribution in [0.25, 0.3) is 0 Å². The van der Waals surface area contributed by atoms with Crippen molar-refractivity contribution in [2.45, 2.75) is 12.8 Å². The van der Waals surface area contributed by atoms with Gasteiger partial charge in [-0.25, -0.2) is 4.39 Å². The van der Waals surface area contributed by atoms with Gasteiger partial charge in [0.25, 0.3) is 5.91 Å². The second-order valence-corrected chi connectivity index (χ2v) is 4.91. The zero-order valence-electron chi connectivity index (χ0n) is 10.9. The SMILES string of the molecule is CN(CC1CCOCC1)C(=O)c1ccc(O)cc1F. The van der Waals surface area contributed by atoms with Gasteiger partial charge in [-0.05, 0) is 30.9 Å². The van der Waals surface area contributed by atoms with Gasteiger partial charge in [0.15, 0.2) is 0 Å². The van der Waals surface area contributed by atoms with E-state index in [1.54, 1.807) is 7.05 Å². The first-order chi connectivity index (χ1) is 9.08. The van der Waals surface area contributed by atoms with Crippen LogP contribution in [0.5, 0.6) is 5.75 Å². The van der Waals surface area contributed by atoms with E-state index >= 15 is 0 Å². The molecule has 1 aliphatic rings. The largest absolute Gasteiger partial charge is 0.508 e. The Balaban J connectivity index is 2.01. The molecule has 0 bridgehead atoms. The molecule has 0 unspecified atom stereocenters. The van der Waals surface area contributed by atoms with Crippen molar-refractivity contribution in [3.63, 3.8) is 0 Å². The number of carbonyl (C=O) groups excluding carboxylic acids is 1. The maximum atomic E-state index is 13.6. The molecule has 5 heteroatoms. The summed E-state index contributed by atoms with van der Waals surface area (Å²) in [6.07, 6.45) is 1.85. The van der Waals surface area contributed by atoms with Crippen molar-refractivity contribution in [3.8, 4) is 5.75 Å². The Labute approximate surface area is 111 Å². The van der Waals surface area contributed by atoms with Crippen LogP contribution in [-0.2, 0) is 4.74 Å². The number of benzene rings is 1. The van der Waals surface area contributed by atoms with Gasteiger partial charge in [0.1, 0.15) is 11.6 Å². The maximum absolute atomic E-state index is 13.6. The molecular formula is C14H18FNO3. The highest BCUT2D eigenvalue weighted by molar-refractivity contribution is 5.94. The normalized spacial score (nSPS) is 16.3. The number of halogens is 1. The van der Waals surface area contributed by atoms with Gasteiger partial charge in [-0.3, -0.25) is 4.79 Å². The zero-order chi connectivity index (χ0) is 13.8. The molecule has 1 amide bonds. The van der Waals surface area contributed by atoms with Gasteiger partial charge in [-0.1, -0.05) is 0 Å². The van der Waals surface area contributed by atoms with E-state index in [0.29, 0.717) is 12.5 Å². The summed E-state index contributed by atoms with van der Waals surface area (Å²) in [7, 11) is 1.67. The van der Waals surface area contributed by atoms with Crippen LogP contribution in [0.3, 0.4) is 0 Å². The van der Waals surface area contributed by atoms with Gasteiger partial charge in [0, 0.05) is 32.9 Å². The lowest BCUT2D eigenvalue weighted by Gasteiger charge is -2.27. The molecule has 0 atom stereocenters. The Kier molecular flexibility index (Phi) is 4.37. The molecule has 0 spiro atoms. The van der Waals surface area contributed by atoms with Gasteiger partial charge in [0.05, 0.1) is 5.56 Å². The minimum Gasteiger partial charge on any atom is -0.508 e. The monoisotopic (exact) mass is 267 g/mol. The summed E-state index contributed by atoms with van der Waals surface area (Å²) in [5, 5.41) is 9.14. The Morgan fingerprint density at radius 3 is 2.79 bits per heavy atom. The summed E-state index contributed by atoms with van der Waals surface area (Å²) in [4.78, 5) is 13.7. The van der Waals surface area contributed by atoms with Crippen molar-refractivity contribution >= 4 is 5.91 Å². The minimum atomic E-state index is -0.691. The van der Waals surface area contributed by atoms with Gasteiger partial charge < -0.3 is 14.7 Å². The highest BCUT2D eigenvalue weighted by Gasteiger charge is 2.21. The van der Waals surface area contributed by atoms with E-state index in [-0.39, 0.29) is 17.2 Å². The predicted octanol–water partition coefficient (Wildman–Crippen LogP) is 2.03. The summed E-state index contributed by atoms with van der Waals surface area (Å²) >= 11 is 0. The highest BCUT2D eigenvalue weighted by atomic mass is 19.1. The molecule has 1 fully saturated rings. The summed E-state index contributed by atoms with van der Waals surface area (Å²) in [6, 6.07) is 3.58. The molecule has 0 aromatic heterocycles. The summed E-state index contributed by atoms with van der Waals surface area (Å²) in [5.74, 6) is -0.822. The van der Waals surface area contributed by atoms with Gasteiger partial charge in [0.2, 0.25) is 0 Å². The average molecular weight is 267 g/mol. The minimum absolute atomic E-state index is 0.00707. The van der Waals surface area contributed by atoms with Crippen molar-refractivity contribution in [1.29, 1.82) is 0 Å². The van der Waals surface area contributed by atoms with Crippen LogP contribution in [0.4, 0.5) is 4.39 Å². The fraction of sp³-hybridized carbons (Fsp3) is 0.500. The van der Waals surface area contributed by atoms with E-state index in [0.717, 1.165) is 32.1 Å². The summed E-state index contributed by atoms with van der Waals surface area (Å²) in [6.45, 7) is 2.04. The van der Waals surface area contributed by atoms with E-state index in [1.807, 2.05) is 0 Å². The molecule has 2 rings (SSSR count). The first-order valence-corrected chi connectivity index (χ1v) is 6.39. The van der Waals surface area contributed by atoms with Crippen LogP contribution in [0.2, 0.25) is 0 Å². The number of amides is 1. The fourth-order valence-electron chi connectivity index (χ4n) is 2.28. The Hall–Kier alpha value is -1.62.